The summed E-state index contributed by atoms with van der Waals surface area (Å²) in [7, 11) is 7.07. The average molecular weight is 607 g/mol. The van der Waals surface area contributed by atoms with Crippen molar-refractivity contribution >= 4 is 46.0 Å². The van der Waals surface area contributed by atoms with Crippen molar-refractivity contribution in [3.63, 3.8) is 0 Å². The van der Waals surface area contributed by atoms with Crippen LogP contribution in [-0.2, 0) is 9.59 Å². The van der Waals surface area contributed by atoms with E-state index in [0.717, 1.165) is 16.1 Å². The number of hydrogen-bond acceptors (Lipinski definition) is 11. The number of aromatic nitrogens is 1. The lowest BCUT2D eigenvalue weighted by atomic mass is 9.54. The number of Topliss-reactive ketones (excluding diaryl/α,β-unsaturated/α-hetero) is 1. The Morgan fingerprint density at radius 1 is 1.19 bits per heavy atom. The highest BCUT2D eigenvalue weighted by Gasteiger charge is 2.65. The molecule has 11 nitrogen and oxygen atoms in total. The normalized spacial score (nSPS) is 28.6. The van der Waals surface area contributed by atoms with E-state index in [4.69, 9.17) is 10.2 Å². The number of nitrogens with two attached hydrogens (primary N) is 1. The van der Waals surface area contributed by atoms with Gasteiger partial charge in [0.25, 0.3) is 5.91 Å². The van der Waals surface area contributed by atoms with Gasteiger partial charge in [0.1, 0.15) is 23.1 Å². The number of carbonyl (C=O) groups excluding carboxylic acids is 2. The molecule has 0 radical (unpaired) electrons. The number of anilines is 1. The number of benzene rings is 2. The lowest BCUT2D eigenvalue weighted by molar-refractivity contribution is -0.171. The van der Waals surface area contributed by atoms with E-state index in [1.165, 1.54) is 6.39 Å². The number of rotatable bonds is 6. The molecule has 0 aliphatic heterocycles. The van der Waals surface area contributed by atoms with Crippen LogP contribution < -0.4 is 10.6 Å². The van der Waals surface area contributed by atoms with Gasteiger partial charge in [0.15, 0.2) is 23.4 Å². The smallest absolute Gasteiger partial charge is 0.250 e. The van der Waals surface area contributed by atoms with Crippen molar-refractivity contribution in [2.45, 2.75) is 35.0 Å². The molecule has 1 heterocycles. The van der Waals surface area contributed by atoms with Crippen molar-refractivity contribution in [1.82, 2.24) is 9.88 Å². The van der Waals surface area contributed by atoms with Crippen LogP contribution in [0.25, 0.3) is 16.9 Å². The first-order chi connectivity index (χ1) is 20.4. The number of amides is 1. The summed E-state index contributed by atoms with van der Waals surface area (Å²) in [6, 6.07) is 10.7. The van der Waals surface area contributed by atoms with Gasteiger partial charge in [-0.05, 0) is 50.2 Å². The van der Waals surface area contributed by atoms with Crippen molar-refractivity contribution in [1.29, 1.82) is 0 Å². The number of nitrogens with zero attached hydrogens (tertiary/aromatic N) is 3. The van der Waals surface area contributed by atoms with E-state index in [1.54, 1.807) is 30.8 Å². The van der Waals surface area contributed by atoms with Gasteiger partial charge in [-0.25, -0.2) is 4.98 Å². The van der Waals surface area contributed by atoms with Gasteiger partial charge in [0, 0.05) is 47.8 Å². The van der Waals surface area contributed by atoms with E-state index in [1.807, 2.05) is 55.4 Å². The summed E-state index contributed by atoms with van der Waals surface area (Å²) in [5.41, 5.74) is 4.96. The molecule has 1 unspecified atom stereocenters. The van der Waals surface area contributed by atoms with Crippen LogP contribution >= 0.6 is 11.8 Å². The third-order valence-corrected chi connectivity index (χ3v) is 10.3. The molecule has 1 saturated carbocycles. The molecular formula is C31H34N4O7S. The van der Waals surface area contributed by atoms with E-state index >= 15 is 0 Å². The number of ketones is 1. The van der Waals surface area contributed by atoms with E-state index in [9.17, 15) is 30.0 Å². The number of thioether (sulfide) groups is 1. The second-order valence-electron chi connectivity index (χ2n) is 11.8. The summed E-state index contributed by atoms with van der Waals surface area (Å²) < 4.78 is 5.75. The predicted molar refractivity (Wildman–Crippen MR) is 162 cm³/mol. The van der Waals surface area contributed by atoms with Crippen molar-refractivity contribution in [3.8, 4) is 0 Å². The lowest BCUT2D eigenvalue weighted by Crippen LogP contribution is -2.69. The molecule has 0 bridgehead atoms. The van der Waals surface area contributed by atoms with Crippen molar-refractivity contribution in [2.75, 3.05) is 38.8 Å². The van der Waals surface area contributed by atoms with Gasteiger partial charge >= 0.3 is 0 Å². The summed E-state index contributed by atoms with van der Waals surface area (Å²) in [4.78, 5) is 35.8. The molecule has 6 rings (SSSR count). The fourth-order valence-corrected chi connectivity index (χ4v) is 8.39. The maximum absolute atomic E-state index is 14.5. The van der Waals surface area contributed by atoms with Crippen molar-refractivity contribution in [3.05, 3.63) is 70.8 Å². The van der Waals surface area contributed by atoms with E-state index in [-0.39, 0.29) is 23.7 Å². The SMILES string of the molecule is CN(C)c1cc2ncoc2c2c1[C@H](CSc1ccccc1)[C@H]1C[C@H]3[C@H](N(C)C)C(O)=C(C(N)=O)C(O)[C@@]3(O)C(=O)C1=C2O. The number of hydrogen-bond donors (Lipinski definition) is 5. The van der Waals surface area contributed by atoms with Gasteiger partial charge < -0.3 is 35.5 Å². The Hall–Kier alpha value is -3.84. The molecule has 226 valence electrons. The Kier molecular flexibility index (Phi) is 7.08. The Morgan fingerprint density at radius 2 is 1.88 bits per heavy atom. The quantitative estimate of drug-likeness (QED) is 0.261. The summed E-state index contributed by atoms with van der Waals surface area (Å²) in [5.74, 6) is -4.42. The molecular weight excluding hydrogens is 572 g/mol. The molecule has 6 atom stereocenters. The fourth-order valence-electron chi connectivity index (χ4n) is 7.26. The Bertz CT molecular complexity index is 1700. The van der Waals surface area contributed by atoms with Crippen LogP contribution in [0.5, 0.6) is 0 Å². The van der Waals surface area contributed by atoms with Gasteiger partial charge in [0.2, 0.25) is 0 Å². The number of aliphatic hydroxyl groups is 4. The summed E-state index contributed by atoms with van der Waals surface area (Å²) >= 11 is 1.60. The molecule has 43 heavy (non-hydrogen) atoms. The number of oxazole rings is 1. The van der Waals surface area contributed by atoms with E-state index < -0.39 is 52.6 Å². The molecule has 0 saturated heterocycles. The fraction of sp³-hybridized carbons (Fsp3) is 0.387. The van der Waals surface area contributed by atoms with Crippen molar-refractivity contribution in [2.24, 2.45) is 17.6 Å². The highest BCUT2D eigenvalue weighted by Crippen LogP contribution is 2.58. The van der Waals surface area contributed by atoms with E-state index in [0.29, 0.717) is 22.4 Å². The van der Waals surface area contributed by atoms with Crippen LogP contribution in [0.2, 0.25) is 0 Å². The largest absolute Gasteiger partial charge is 0.510 e. The number of likely N-dealkylation sites (N-methyl/N-ethyl adjacent to an activating group) is 1. The second kappa shape index (κ2) is 10.4. The van der Waals surface area contributed by atoms with Gasteiger partial charge in [-0.15, -0.1) is 11.8 Å². The van der Waals surface area contributed by atoms with Crippen LogP contribution in [-0.4, -0.2) is 93.7 Å². The number of fused-ring (bicyclic) bond motifs is 5. The molecule has 12 heteroatoms. The maximum atomic E-state index is 14.5. The number of carbonyl (C=O) groups is 2. The molecule has 3 aliphatic carbocycles. The third-order valence-electron chi connectivity index (χ3n) is 9.15. The van der Waals surface area contributed by atoms with Crippen LogP contribution in [0.3, 0.4) is 0 Å². The minimum atomic E-state index is -2.54. The van der Waals surface area contributed by atoms with Gasteiger partial charge in [0.05, 0.1) is 17.2 Å². The van der Waals surface area contributed by atoms with Crippen LogP contribution in [0.1, 0.15) is 23.5 Å². The molecule has 2 aromatic carbocycles. The molecule has 1 amide bonds. The van der Waals surface area contributed by atoms with Gasteiger partial charge in [-0.1, -0.05) is 18.2 Å². The van der Waals surface area contributed by atoms with Gasteiger partial charge in [-0.2, -0.15) is 0 Å². The number of aliphatic hydroxyl groups excluding tert-OH is 3. The molecule has 1 aromatic heterocycles. The van der Waals surface area contributed by atoms with Gasteiger partial charge in [-0.3, -0.25) is 14.5 Å². The van der Waals surface area contributed by atoms with Crippen LogP contribution in [0, 0.1) is 11.8 Å². The minimum Gasteiger partial charge on any atom is -0.510 e. The predicted octanol–water partition coefficient (Wildman–Crippen LogP) is 2.59. The highest BCUT2D eigenvalue weighted by molar-refractivity contribution is 7.99. The monoisotopic (exact) mass is 606 g/mol. The molecule has 1 fully saturated rings. The summed E-state index contributed by atoms with van der Waals surface area (Å²) in [6.45, 7) is 0. The molecule has 6 N–H and O–H groups in total. The van der Waals surface area contributed by atoms with E-state index in [2.05, 4.69) is 4.98 Å². The van der Waals surface area contributed by atoms with Crippen molar-refractivity contribution < 1.29 is 34.4 Å². The zero-order valence-corrected chi connectivity index (χ0v) is 25.0. The zero-order valence-electron chi connectivity index (χ0n) is 24.2. The lowest BCUT2D eigenvalue weighted by Gasteiger charge is -2.54. The Balaban J connectivity index is 1.61. The summed E-state index contributed by atoms with van der Waals surface area (Å²) in [5, 5.41) is 46.6. The standard InChI is InChI=1S/C31H34N4O7S/c1-34(2)19-11-18-27(42-13-33-18)22-20(19)16(12-43-14-8-6-5-7-9-14)15-10-17-24(35(3)4)26(37)23(30(32)40)29(39)31(17,41)28(38)21(15)25(22)36/h5-9,11,13,15-17,24,29,36-37,39,41H,10,12H2,1-4H3,(H2,32,40)/t15-,16-,17+,24+,29?,31+/m1/s1. The minimum absolute atomic E-state index is 0.0553. The van der Waals surface area contributed by atoms with Crippen LogP contribution in [0.4, 0.5) is 5.69 Å². The topological polar surface area (TPSA) is 174 Å². The average Bonchev–Trinajstić information content (AvgIpc) is 3.43. The zero-order chi connectivity index (χ0) is 31.0. The number of primary amides is 1. The first-order valence-corrected chi connectivity index (χ1v) is 14.9. The maximum Gasteiger partial charge on any atom is 0.250 e. The Morgan fingerprint density at radius 3 is 2.51 bits per heavy atom. The van der Waals surface area contributed by atoms with Crippen LogP contribution in [0.15, 0.2) is 69.0 Å². The summed E-state index contributed by atoms with van der Waals surface area (Å²) in [6.07, 6.45) is -0.719. The molecule has 3 aliphatic rings. The third kappa shape index (κ3) is 4.19. The first kappa shape index (κ1) is 29.2. The highest BCUT2D eigenvalue weighted by atomic mass is 32.2. The second-order valence-corrected chi connectivity index (χ2v) is 12.9. The Labute approximate surface area is 252 Å². The molecule has 3 aromatic rings. The molecule has 0 spiro atoms. The first-order valence-electron chi connectivity index (χ1n) is 13.9.